The minimum atomic E-state index is -0.500. The standard InChI is InChI=1S/C21H34N4O/c1-5-22-19(26)21(3,4)16-24-20(23-6-2)25-13-12-18(15-25)14-17-10-8-7-9-11-17/h7-11,18H,5-6,12-16H2,1-4H3,(H,22,26)(H,23,24). The van der Waals surface area contributed by atoms with Crippen molar-refractivity contribution < 1.29 is 4.79 Å². The average Bonchev–Trinajstić information content (AvgIpc) is 3.08. The smallest absolute Gasteiger partial charge is 0.227 e. The van der Waals surface area contributed by atoms with Crippen LogP contribution in [0.15, 0.2) is 35.3 Å². The zero-order valence-electron chi connectivity index (χ0n) is 16.7. The van der Waals surface area contributed by atoms with Gasteiger partial charge >= 0.3 is 0 Å². The lowest BCUT2D eigenvalue weighted by molar-refractivity contribution is -0.128. The van der Waals surface area contributed by atoms with Gasteiger partial charge in [-0.25, -0.2) is 0 Å². The largest absolute Gasteiger partial charge is 0.357 e. The third kappa shape index (κ3) is 5.75. The Kier molecular flexibility index (Phi) is 7.49. The zero-order chi connectivity index (χ0) is 19.0. The molecule has 5 heteroatoms. The monoisotopic (exact) mass is 358 g/mol. The molecule has 1 saturated heterocycles. The lowest BCUT2D eigenvalue weighted by Gasteiger charge is -2.25. The van der Waals surface area contributed by atoms with E-state index in [0.29, 0.717) is 19.0 Å². The van der Waals surface area contributed by atoms with Crippen LogP contribution < -0.4 is 10.6 Å². The summed E-state index contributed by atoms with van der Waals surface area (Å²) in [7, 11) is 0. The van der Waals surface area contributed by atoms with Gasteiger partial charge < -0.3 is 15.5 Å². The van der Waals surface area contributed by atoms with Gasteiger partial charge in [-0.15, -0.1) is 0 Å². The van der Waals surface area contributed by atoms with E-state index in [1.165, 1.54) is 12.0 Å². The molecule has 0 aromatic heterocycles. The Labute approximate surface area is 158 Å². The van der Waals surface area contributed by atoms with E-state index in [1.807, 2.05) is 20.8 Å². The average molecular weight is 359 g/mol. The van der Waals surface area contributed by atoms with Crippen LogP contribution >= 0.6 is 0 Å². The summed E-state index contributed by atoms with van der Waals surface area (Å²) >= 11 is 0. The predicted molar refractivity (Wildman–Crippen MR) is 108 cm³/mol. The van der Waals surface area contributed by atoms with E-state index in [9.17, 15) is 4.79 Å². The fraction of sp³-hybridized carbons (Fsp3) is 0.619. The van der Waals surface area contributed by atoms with Gasteiger partial charge in [-0.3, -0.25) is 9.79 Å². The third-order valence-electron chi connectivity index (χ3n) is 4.86. The zero-order valence-corrected chi connectivity index (χ0v) is 16.7. The van der Waals surface area contributed by atoms with Gasteiger partial charge in [0, 0.05) is 26.2 Å². The number of hydrogen-bond donors (Lipinski definition) is 2. The maximum atomic E-state index is 12.2. The first kappa shape index (κ1) is 20.3. The summed E-state index contributed by atoms with van der Waals surface area (Å²) in [4.78, 5) is 19.3. The number of carbonyl (C=O) groups is 1. The normalized spacial score (nSPS) is 18.1. The third-order valence-corrected chi connectivity index (χ3v) is 4.86. The maximum absolute atomic E-state index is 12.2. The fourth-order valence-electron chi connectivity index (χ4n) is 3.31. The van der Waals surface area contributed by atoms with E-state index < -0.39 is 5.41 Å². The molecule has 0 radical (unpaired) electrons. The molecular formula is C21H34N4O. The fourth-order valence-corrected chi connectivity index (χ4v) is 3.31. The Hall–Kier alpha value is -2.04. The molecule has 1 aliphatic heterocycles. The number of likely N-dealkylation sites (tertiary alicyclic amines) is 1. The molecule has 1 fully saturated rings. The highest BCUT2D eigenvalue weighted by atomic mass is 16.2. The van der Waals surface area contributed by atoms with Gasteiger partial charge in [0.15, 0.2) is 5.96 Å². The Morgan fingerprint density at radius 2 is 1.88 bits per heavy atom. The van der Waals surface area contributed by atoms with Crippen molar-refractivity contribution in [2.45, 2.75) is 40.5 Å². The summed E-state index contributed by atoms with van der Waals surface area (Å²) < 4.78 is 0. The number of nitrogens with one attached hydrogen (secondary N) is 2. The van der Waals surface area contributed by atoms with E-state index in [1.54, 1.807) is 0 Å². The molecule has 1 aromatic rings. The predicted octanol–water partition coefficient (Wildman–Crippen LogP) is 2.68. The molecule has 26 heavy (non-hydrogen) atoms. The molecule has 1 heterocycles. The molecule has 2 N–H and O–H groups in total. The van der Waals surface area contributed by atoms with Crippen LogP contribution in [0.2, 0.25) is 0 Å². The van der Waals surface area contributed by atoms with Crippen LogP contribution in [0, 0.1) is 11.3 Å². The number of benzene rings is 1. The maximum Gasteiger partial charge on any atom is 0.227 e. The molecule has 1 aliphatic rings. The minimum Gasteiger partial charge on any atom is -0.357 e. The van der Waals surface area contributed by atoms with Crippen LogP contribution in [0.4, 0.5) is 0 Å². The van der Waals surface area contributed by atoms with Crippen molar-refractivity contribution in [3.63, 3.8) is 0 Å². The highest BCUT2D eigenvalue weighted by Gasteiger charge is 2.29. The second kappa shape index (κ2) is 9.60. The minimum absolute atomic E-state index is 0.0583. The number of hydrogen-bond acceptors (Lipinski definition) is 2. The quantitative estimate of drug-likeness (QED) is 0.582. The summed E-state index contributed by atoms with van der Waals surface area (Å²) in [5, 5.41) is 6.30. The summed E-state index contributed by atoms with van der Waals surface area (Å²) in [6, 6.07) is 10.7. The Morgan fingerprint density at radius 1 is 1.19 bits per heavy atom. The van der Waals surface area contributed by atoms with Crippen molar-refractivity contribution in [3.05, 3.63) is 35.9 Å². The molecule has 0 aliphatic carbocycles. The number of amides is 1. The first-order valence-electron chi connectivity index (χ1n) is 9.81. The summed E-state index contributed by atoms with van der Waals surface area (Å²) in [5.74, 6) is 1.64. The van der Waals surface area contributed by atoms with Crippen molar-refractivity contribution in [1.82, 2.24) is 15.5 Å². The molecule has 1 aromatic carbocycles. The van der Waals surface area contributed by atoms with Gasteiger partial charge in [0.2, 0.25) is 5.91 Å². The van der Waals surface area contributed by atoms with E-state index in [0.717, 1.165) is 32.0 Å². The molecule has 0 spiro atoms. The topological polar surface area (TPSA) is 56.7 Å². The van der Waals surface area contributed by atoms with Crippen LogP contribution in [0.25, 0.3) is 0 Å². The number of guanidine groups is 1. The summed E-state index contributed by atoms with van der Waals surface area (Å²) in [6.45, 7) is 11.9. The van der Waals surface area contributed by atoms with Crippen molar-refractivity contribution >= 4 is 11.9 Å². The lowest BCUT2D eigenvalue weighted by Crippen LogP contribution is -2.43. The molecule has 0 saturated carbocycles. The van der Waals surface area contributed by atoms with Gasteiger partial charge in [0.25, 0.3) is 0 Å². The van der Waals surface area contributed by atoms with Crippen molar-refractivity contribution in [1.29, 1.82) is 0 Å². The highest BCUT2D eigenvalue weighted by molar-refractivity contribution is 5.83. The molecular weight excluding hydrogens is 324 g/mol. The summed E-state index contributed by atoms with van der Waals surface area (Å²) in [6.07, 6.45) is 2.29. The Balaban J connectivity index is 1.97. The highest BCUT2D eigenvalue weighted by Crippen LogP contribution is 2.22. The van der Waals surface area contributed by atoms with Crippen LogP contribution in [-0.2, 0) is 11.2 Å². The van der Waals surface area contributed by atoms with Crippen LogP contribution in [0.1, 0.15) is 39.7 Å². The van der Waals surface area contributed by atoms with Gasteiger partial charge in [-0.05, 0) is 52.0 Å². The molecule has 2 rings (SSSR count). The molecule has 0 bridgehead atoms. The first-order chi connectivity index (χ1) is 12.5. The van der Waals surface area contributed by atoms with Gasteiger partial charge in [-0.2, -0.15) is 0 Å². The van der Waals surface area contributed by atoms with E-state index in [2.05, 4.69) is 52.8 Å². The Bertz CT molecular complexity index is 597. The van der Waals surface area contributed by atoms with Crippen molar-refractivity contribution in [2.24, 2.45) is 16.3 Å². The molecule has 5 nitrogen and oxygen atoms in total. The Morgan fingerprint density at radius 3 is 2.54 bits per heavy atom. The molecule has 1 amide bonds. The van der Waals surface area contributed by atoms with E-state index >= 15 is 0 Å². The van der Waals surface area contributed by atoms with Gasteiger partial charge in [0.05, 0.1) is 12.0 Å². The lowest BCUT2D eigenvalue weighted by atomic mass is 9.92. The number of rotatable bonds is 7. The van der Waals surface area contributed by atoms with E-state index in [-0.39, 0.29) is 5.91 Å². The van der Waals surface area contributed by atoms with E-state index in [4.69, 9.17) is 4.99 Å². The second-order valence-electron chi connectivity index (χ2n) is 7.70. The van der Waals surface area contributed by atoms with Gasteiger partial charge in [0.1, 0.15) is 0 Å². The first-order valence-corrected chi connectivity index (χ1v) is 9.81. The second-order valence-corrected chi connectivity index (χ2v) is 7.70. The molecule has 144 valence electrons. The van der Waals surface area contributed by atoms with Crippen LogP contribution in [-0.4, -0.2) is 49.5 Å². The van der Waals surface area contributed by atoms with Crippen LogP contribution in [0.3, 0.4) is 0 Å². The number of nitrogens with zero attached hydrogens (tertiary/aromatic N) is 2. The summed E-state index contributed by atoms with van der Waals surface area (Å²) in [5.41, 5.74) is 0.901. The van der Waals surface area contributed by atoms with Gasteiger partial charge in [-0.1, -0.05) is 30.3 Å². The number of carbonyl (C=O) groups excluding carboxylic acids is 1. The molecule has 1 atom stereocenters. The van der Waals surface area contributed by atoms with Crippen LogP contribution in [0.5, 0.6) is 0 Å². The molecule has 1 unspecified atom stereocenters. The SMILES string of the molecule is CCNC(=O)C(C)(C)CN=C(NCC)N1CCC(Cc2ccccc2)C1. The van der Waals surface area contributed by atoms with Crippen molar-refractivity contribution in [3.8, 4) is 0 Å². The van der Waals surface area contributed by atoms with Crippen molar-refractivity contribution in [2.75, 3.05) is 32.7 Å². The number of aliphatic imine (C=N–C) groups is 1.